The lowest BCUT2D eigenvalue weighted by Crippen LogP contribution is -2.12. The van der Waals surface area contributed by atoms with E-state index in [1.807, 2.05) is 39.0 Å². The number of carbonyl (C=O) groups is 1. The molecule has 0 aliphatic heterocycles. The van der Waals surface area contributed by atoms with Crippen LogP contribution in [0.1, 0.15) is 56.6 Å². The van der Waals surface area contributed by atoms with E-state index in [-0.39, 0.29) is 11.4 Å². The highest BCUT2D eigenvalue weighted by atomic mass is 35.5. The SMILES string of the molecule is CC.CCOC(=O)c1[nH]c2ccc(Cl)cc2c1C1(C)CC1. The van der Waals surface area contributed by atoms with Gasteiger partial charge in [0, 0.05) is 15.9 Å². The third-order valence-electron chi connectivity index (χ3n) is 3.84. The second kappa shape index (κ2) is 6.10. The van der Waals surface area contributed by atoms with Crippen molar-refractivity contribution < 1.29 is 9.53 Å². The largest absolute Gasteiger partial charge is 0.461 e. The maximum absolute atomic E-state index is 12.1. The Bertz CT molecular complexity index is 656. The quantitative estimate of drug-likeness (QED) is 0.804. The van der Waals surface area contributed by atoms with Gasteiger partial charge in [0.05, 0.1) is 6.61 Å². The molecule has 1 aliphatic rings. The number of hydrogen-bond donors (Lipinski definition) is 1. The minimum Gasteiger partial charge on any atom is -0.461 e. The number of halogens is 1. The van der Waals surface area contributed by atoms with Gasteiger partial charge in [0.1, 0.15) is 5.69 Å². The molecule has 2 aromatic rings. The van der Waals surface area contributed by atoms with Gasteiger partial charge in [-0.1, -0.05) is 32.4 Å². The van der Waals surface area contributed by atoms with Crippen LogP contribution < -0.4 is 0 Å². The molecule has 114 valence electrons. The number of ether oxygens (including phenoxy) is 1. The van der Waals surface area contributed by atoms with E-state index in [0.29, 0.717) is 17.3 Å². The molecular formula is C17H22ClNO2. The lowest BCUT2D eigenvalue weighted by atomic mass is 9.95. The minimum atomic E-state index is -0.280. The molecule has 21 heavy (non-hydrogen) atoms. The Morgan fingerprint density at radius 1 is 1.38 bits per heavy atom. The topological polar surface area (TPSA) is 42.1 Å². The van der Waals surface area contributed by atoms with Crippen LogP contribution in [0.15, 0.2) is 18.2 Å². The third-order valence-corrected chi connectivity index (χ3v) is 4.08. The molecule has 0 amide bonds. The van der Waals surface area contributed by atoms with Crippen molar-refractivity contribution in [3.05, 3.63) is 34.5 Å². The van der Waals surface area contributed by atoms with Gasteiger partial charge in [-0.2, -0.15) is 0 Å². The van der Waals surface area contributed by atoms with Crippen LogP contribution in [0.25, 0.3) is 10.9 Å². The molecule has 3 nitrogen and oxygen atoms in total. The molecule has 1 N–H and O–H groups in total. The van der Waals surface area contributed by atoms with E-state index in [2.05, 4.69) is 11.9 Å². The van der Waals surface area contributed by atoms with Gasteiger partial charge < -0.3 is 9.72 Å². The maximum Gasteiger partial charge on any atom is 0.355 e. The number of carbonyl (C=O) groups excluding carboxylic acids is 1. The van der Waals surface area contributed by atoms with Crippen molar-refractivity contribution in [1.29, 1.82) is 0 Å². The molecule has 1 aromatic heterocycles. The summed E-state index contributed by atoms with van der Waals surface area (Å²) in [5.41, 5.74) is 2.66. The molecule has 1 heterocycles. The lowest BCUT2D eigenvalue weighted by molar-refractivity contribution is 0.0518. The van der Waals surface area contributed by atoms with Crippen LogP contribution in [-0.2, 0) is 10.2 Å². The summed E-state index contributed by atoms with van der Waals surface area (Å²) >= 11 is 6.08. The van der Waals surface area contributed by atoms with Crippen LogP contribution in [0.5, 0.6) is 0 Å². The summed E-state index contributed by atoms with van der Waals surface area (Å²) in [5.74, 6) is -0.280. The standard InChI is InChI=1S/C15H16ClNO2.C2H6/c1-3-19-14(18)13-12(15(2)6-7-15)10-8-9(16)4-5-11(10)17-13;1-2/h4-5,8,17H,3,6-7H2,1-2H3;1-2H3. The zero-order valence-corrected chi connectivity index (χ0v) is 13.8. The second-order valence-electron chi connectivity index (χ2n) is 5.35. The Kier molecular flexibility index (Phi) is 4.62. The molecule has 3 rings (SSSR count). The molecule has 4 heteroatoms. The predicted octanol–water partition coefficient (Wildman–Crippen LogP) is 5.08. The van der Waals surface area contributed by atoms with Crippen LogP contribution in [-0.4, -0.2) is 17.6 Å². The van der Waals surface area contributed by atoms with Crippen molar-refractivity contribution in [2.75, 3.05) is 6.61 Å². The summed E-state index contributed by atoms with van der Waals surface area (Å²) in [6, 6.07) is 5.67. The Hall–Kier alpha value is -1.48. The van der Waals surface area contributed by atoms with Crippen LogP contribution in [0.3, 0.4) is 0 Å². The summed E-state index contributed by atoms with van der Waals surface area (Å²) < 4.78 is 5.15. The lowest BCUT2D eigenvalue weighted by Gasteiger charge is -2.10. The van der Waals surface area contributed by atoms with Crippen molar-refractivity contribution in [3.8, 4) is 0 Å². The monoisotopic (exact) mass is 307 g/mol. The number of aromatic amines is 1. The molecule has 0 radical (unpaired) electrons. The molecule has 0 spiro atoms. The van der Waals surface area contributed by atoms with Gasteiger partial charge in [-0.3, -0.25) is 0 Å². The number of nitrogens with one attached hydrogen (secondary N) is 1. The highest BCUT2D eigenvalue weighted by Crippen LogP contribution is 2.51. The van der Waals surface area contributed by atoms with Crippen LogP contribution >= 0.6 is 11.6 Å². The van der Waals surface area contributed by atoms with Gasteiger partial charge in [0.15, 0.2) is 0 Å². The molecule has 0 unspecified atom stereocenters. The molecule has 1 saturated carbocycles. The van der Waals surface area contributed by atoms with Crippen LogP contribution in [0.2, 0.25) is 5.02 Å². The molecule has 1 aromatic carbocycles. The van der Waals surface area contributed by atoms with E-state index in [1.54, 1.807) is 0 Å². The number of rotatable bonds is 3. The van der Waals surface area contributed by atoms with E-state index < -0.39 is 0 Å². The number of aromatic nitrogens is 1. The molecule has 0 bridgehead atoms. The van der Waals surface area contributed by atoms with Gasteiger partial charge in [0.2, 0.25) is 0 Å². The number of benzene rings is 1. The Morgan fingerprint density at radius 3 is 2.62 bits per heavy atom. The summed E-state index contributed by atoms with van der Waals surface area (Å²) in [4.78, 5) is 15.3. The fourth-order valence-corrected chi connectivity index (χ4v) is 2.76. The van der Waals surface area contributed by atoms with Gasteiger partial charge in [-0.05, 0) is 48.9 Å². The van der Waals surface area contributed by atoms with E-state index in [1.165, 1.54) is 0 Å². The van der Waals surface area contributed by atoms with Crippen molar-refractivity contribution in [3.63, 3.8) is 0 Å². The van der Waals surface area contributed by atoms with Crippen molar-refractivity contribution in [2.24, 2.45) is 0 Å². The second-order valence-corrected chi connectivity index (χ2v) is 5.78. The van der Waals surface area contributed by atoms with Crippen molar-refractivity contribution >= 4 is 28.5 Å². The first-order valence-corrected chi connectivity index (χ1v) is 7.92. The third kappa shape index (κ3) is 2.93. The summed E-state index contributed by atoms with van der Waals surface area (Å²) in [7, 11) is 0. The van der Waals surface area contributed by atoms with Crippen LogP contribution in [0.4, 0.5) is 0 Å². The molecule has 1 aliphatic carbocycles. The summed E-state index contributed by atoms with van der Waals surface area (Å²) in [6.45, 7) is 8.38. The summed E-state index contributed by atoms with van der Waals surface area (Å²) in [6.07, 6.45) is 2.19. The summed E-state index contributed by atoms with van der Waals surface area (Å²) in [5, 5.41) is 1.72. The number of hydrogen-bond acceptors (Lipinski definition) is 2. The first-order chi connectivity index (χ1) is 10.0. The predicted molar refractivity (Wildman–Crippen MR) is 87.2 cm³/mol. The van der Waals surface area contributed by atoms with E-state index in [0.717, 1.165) is 29.3 Å². The Morgan fingerprint density at radius 2 is 2.05 bits per heavy atom. The van der Waals surface area contributed by atoms with Crippen molar-refractivity contribution in [1.82, 2.24) is 4.98 Å². The van der Waals surface area contributed by atoms with Crippen molar-refractivity contribution in [2.45, 2.75) is 46.0 Å². The van der Waals surface area contributed by atoms with E-state index in [9.17, 15) is 4.79 Å². The maximum atomic E-state index is 12.1. The zero-order chi connectivity index (χ0) is 15.6. The first-order valence-electron chi connectivity index (χ1n) is 7.54. The van der Waals surface area contributed by atoms with E-state index in [4.69, 9.17) is 16.3 Å². The smallest absolute Gasteiger partial charge is 0.355 e. The molecular weight excluding hydrogens is 286 g/mol. The number of fused-ring (bicyclic) bond motifs is 1. The normalized spacial score (nSPS) is 15.3. The van der Waals surface area contributed by atoms with Gasteiger partial charge >= 0.3 is 5.97 Å². The number of H-pyrrole nitrogens is 1. The van der Waals surface area contributed by atoms with Crippen LogP contribution in [0, 0.1) is 0 Å². The van der Waals surface area contributed by atoms with Gasteiger partial charge in [-0.25, -0.2) is 4.79 Å². The molecule has 1 fully saturated rings. The minimum absolute atomic E-state index is 0.0744. The highest BCUT2D eigenvalue weighted by Gasteiger charge is 2.44. The van der Waals surface area contributed by atoms with E-state index >= 15 is 0 Å². The first kappa shape index (κ1) is 15.9. The average molecular weight is 308 g/mol. The Balaban J connectivity index is 0.000000774. The Labute approximate surface area is 130 Å². The fourth-order valence-electron chi connectivity index (χ4n) is 2.58. The zero-order valence-electron chi connectivity index (χ0n) is 13.0. The molecule has 0 atom stereocenters. The number of esters is 1. The average Bonchev–Trinajstić information content (AvgIpc) is 3.09. The molecule has 0 saturated heterocycles. The van der Waals surface area contributed by atoms with Gasteiger partial charge in [-0.15, -0.1) is 0 Å². The highest BCUT2D eigenvalue weighted by molar-refractivity contribution is 6.31. The van der Waals surface area contributed by atoms with Gasteiger partial charge in [0.25, 0.3) is 0 Å². The fraction of sp³-hybridized carbons (Fsp3) is 0.471.